The number of imidazole rings is 1. The summed E-state index contributed by atoms with van der Waals surface area (Å²) in [6.07, 6.45) is 12.8. The molecule has 3 heterocycles. The summed E-state index contributed by atoms with van der Waals surface area (Å²) in [5.41, 5.74) is 8.66. The molecular formula is C29H39FN8O. The van der Waals surface area contributed by atoms with Crippen LogP contribution in [-0.2, 0) is 11.2 Å². The Balaban J connectivity index is 1.15. The number of benzene rings is 1. The standard InChI is InChI=1S/C29H39FN8O/c30-20-7-5-19(6-8-20)17-25(39)37-15-13-23(14-16-37)33-27-26-28(38(18-32-26)24-3-1-2-4-24)36-29(35-27)34-22-11-9-21(31)10-12-22/h5-8,18,21-24H,1-4,9-17,31H2,(H2,33,34,35,36)/t21-,22-. The third kappa shape index (κ3) is 6.00. The van der Waals surface area contributed by atoms with Crippen molar-refractivity contribution in [2.75, 3.05) is 23.7 Å². The van der Waals surface area contributed by atoms with Crippen LogP contribution in [0.1, 0.15) is 75.8 Å². The summed E-state index contributed by atoms with van der Waals surface area (Å²) in [6, 6.07) is 7.42. The number of nitrogens with one attached hydrogen (secondary N) is 2. The maximum absolute atomic E-state index is 13.2. The van der Waals surface area contributed by atoms with Gasteiger partial charge in [0.15, 0.2) is 17.0 Å². The van der Waals surface area contributed by atoms with E-state index in [2.05, 4.69) is 15.2 Å². The molecule has 3 aromatic rings. The van der Waals surface area contributed by atoms with Gasteiger partial charge < -0.3 is 25.8 Å². The molecule has 1 aromatic carbocycles. The maximum atomic E-state index is 13.2. The second kappa shape index (κ2) is 11.5. The molecule has 10 heteroatoms. The molecule has 3 fully saturated rings. The highest BCUT2D eigenvalue weighted by Gasteiger charge is 2.27. The van der Waals surface area contributed by atoms with Crippen molar-refractivity contribution in [2.45, 2.75) is 94.8 Å². The van der Waals surface area contributed by atoms with Gasteiger partial charge in [0.1, 0.15) is 5.82 Å². The van der Waals surface area contributed by atoms with E-state index >= 15 is 0 Å². The summed E-state index contributed by atoms with van der Waals surface area (Å²) in [7, 11) is 0. The Morgan fingerprint density at radius 1 is 0.923 bits per heavy atom. The molecule has 0 atom stereocenters. The minimum Gasteiger partial charge on any atom is -0.365 e. The molecule has 0 spiro atoms. The van der Waals surface area contributed by atoms with Crippen molar-refractivity contribution in [3.8, 4) is 0 Å². The van der Waals surface area contributed by atoms with Crippen LogP contribution >= 0.6 is 0 Å². The van der Waals surface area contributed by atoms with Gasteiger partial charge >= 0.3 is 0 Å². The van der Waals surface area contributed by atoms with Gasteiger partial charge in [-0.3, -0.25) is 4.79 Å². The predicted octanol–water partition coefficient (Wildman–Crippen LogP) is 4.41. The molecular weight excluding hydrogens is 495 g/mol. The average Bonchev–Trinajstić information content (AvgIpc) is 3.62. The number of nitrogens with two attached hydrogens (primary N) is 1. The molecule has 2 aliphatic carbocycles. The Bertz CT molecular complexity index is 1270. The summed E-state index contributed by atoms with van der Waals surface area (Å²) >= 11 is 0. The molecule has 2 saturated carbocycles. The summed E-state index contributed by atoms with van der Waals surface area (Å²) in [5.74, 6) is 1.21. The van der Waals surface area contributed by atoms with E-state index in [4.69, 9.17) is 20.7 Å². The molecule has 0 bridgehead atoms. The Morgan fingerprint density at radius 2 is 1.62 bits per heavy atom. The van der Waals surface area contributed by atoms with Gasteiger partial charge in [0.25, 0.3) is 0 Å². The SMILES string of the molecule is N[C@H]1CC[C@H](Nc2nc(NC3CCN(C(=O)Cc4ccc(F)cc4)CC3)c3ncn(C4CCCC4)c3n2)CC1. The van der Waals surface area contributed by atoms with Crippen molar-refractivity contribution in [3.63, 3.8) is 0 Å². The number of piperidine rings is 1. The molecule has 3 aliphatic rings. The third-order valence-corrected chi connectivity index (χ3v) is 8.70. The van der Waals surface area contributed by atoms with Crippen molar-refractivity contribution in [3.05, 3.63) is 42.0 Å². The topological polar surface area (TPSA) is 114 Å². The van der Waals surface area contributed by atoms with Gasteiger partial charge in [0.2, 0.25) is 11.9 Å². The highest BCUT2D eigenvalue weighted by Crippen LogP contribution is 2.34. The number of likely N-dealkylation sites (tertiary alicyclic amines) is 1. The van der Waals surface area contributed by atoms with Crippen molar-refractivity contribution < 1.29 is 9.18 Å². The number of anilines is 2. The Kier molecular flexibility index (Phi) is 7.63. The zero-order valence-corrected chi connectivity index (χ0v) is 22.5. The monoisotopic (exact) mass is 534 g/mol. The fourth-order valence-corrected chi connectivity index (χ4v) is 6.33. The van der Waals surface area contributed by atoms with Gasteiger partial charge in [-0.15, -0.1) is 0 Å². The van der Waals surface area contributed by atoms with E-state index < -0.39 is 0 Å². The fraction of sp³-hybridized carbons (Fsp3) is 0.586. The van der Waals surface area contributed by atoms with Crippen LogP contribution in [0.5, 0.6) is 0 Å². The number of carbonyl (C=O) groups excluding carboxylic acids is 1. The normalized spacial score (nSPS) is 22.9. The van der Waals surface area contributed by atoms with Crippen LogP contribution < -0.4 is 16.4 Å². The van der Waals surface area contributed by atoms with Gasteiger partial charge in [-0.1, -0.05) is 25.0 Å². The number of hydrogen-bond donors (Lipinski definition) is 3. The molecule has 39 heavy (non-hydrogen) atoms. The molecule has 9 nitrogen and oxygen atoms in total. The number of halogens is 1. The zero-order chi connectivity index (χ0) is 26.8. The first-order chi connectivity index (χ1) is 19.0. The first-order valence-electron chi connectivity index (χ1n) is 14.6. The lowest BCUT2D eigenvalue weighted by molar-refractivity contribution is -0.131. The van der Waals surface area contributed by atoms with E-state index in [0.29, 0.717) is 43.6 Å². The van der Waals surface area contributed by atoms with Gasteiger partial charge in [-0.2, -0.15) is 9.97 Å². The van der Waals surface area contributed by atoms with Gasteiger partial charge in [-0.05, 0) is 69.1 Å². The van der Waals surface area contributed by atoms with E-state index in [9.17, 15) is 9.18 Å². The molecule has 1 amide bonds. The van der Waals surface area contributed by atoms with E-state index in [1.54, 1.807) is 12.1 Å². The number of amides is 1. The average molecular weight is 535 g/mol. The lowest BCUT2D eigenvalue weighted by atomic mass is 9.92. The highest BCUT2D eigenvalue weighted by atomic mass is 19.1. The minimum atomic E-state index is -0.286. The quantitative estimate of drug-likeness (QED) is 0.411. The second-order valence-corrected chi connectivity index (χ2v) is 11.5. The minimum absolute atomic E-state index is 0.0819. The molecule has 0 radical (unpaired) electrons. The van der Waals surface area contributed by atoms with Crippen molar-refractivity contribution in [1.29, 1.82) is 0 Å². The maximum Gasteiger partial charge on any atom is 0.227 e. The number of hydrogen-bond acceptors (Lipinski definition) is 7. The molecule has 4 N–H and O–H groups in total. The summed E-state index contributed by atoms with van der Waals surface area (Å²) < 4.78 is 15.5. The molecule has 208 valence electrons. The van der Waals surface area contributed by atoms with E-state index in [1.165, 1.54) is 25.0 Å². The van der Waals surface area contributed by atoms with Crippen LogP contribution in [0.15, 0.2) is 30.6 Å². The number of rotatable bonds is 7. The molecule has 1 saturated heterocycles. The Labute approximate surface area is 228 Å². The number of aromatic nitrogens is 4. The molecule has 0 unspecified atom stereocenters. The van der Waals surface area contributed by atoms with Gasteiger partial charge in [0.05, 0.1) is 12.7 Å². The number of carbonyl (C=O) groups is 1. The molecule has 1 aliphatic heterocycles. The smallest absolute Gasteiger partial charge is 0.227 e. The van der Waals surface area contributed by atoms with Gasteiger partial charge in [0, 0.05) is 37.3 Å². The lowest BCUT2D eigenvalue weighted by Gasteiger charge is -2.33. The van der Waals surface area contributed by atoms with Crippen LogP contribution in [0.4, 0.5) is 16.2 Å². The van der Waals surface area contributed by atoms with E-state index in [0.717, 1.165) is 73.9 Å². The first kappa shape index (κ1) is 26.0. The second-order valence-electron chi connectivity index (χ2n) is 11.5. The third-order valence-electron chi connectivity index (χ3n) is 8.70. The zero-order valence-electron chi connectivity index (χ0n) is 22.5. The highest BCUT2D eigenvalue weighted by molar-refractivity contribution is 5.84. The summed E-state index contributed by atoms with van der Waals surface area (Å²) in [6.45, 7) is 1.35. The molecule has 6 rings (SSSR count). The summed E-state index contributed by atoms with van der Waals surface area (Å²) in [4.78, 5) is 29.4. The predicted molar refractivity (Wildman–Crippen MR) is 150 cm³/mol. The Hall–Kier alpha value is -3.27. The van der Waals surface area contributed by atoms with Crippen LogP contribution in [0.2, 0.25) is 0 Å². The van der Waals surface area contributed by atoms with Crippen molar-refractivity contribution >= 4 is 28.8 Å². The lowest BCUT2D eigenvalue weighted by Crippen LogP contribution is -2.43. The van der Waals surface area contributed by atoms with Crippen LogP contribution in [0.25, 0.3) is 11.2 Å². The number of nitrogens with zero attached hydrogens (tertiary/aromatic N) is 5. The van der Waals surface area contributed by atoms with E-state index in [1.807, 2.05) is 11.2 Å². The van der Waals surface area contributed by atoms with Crippen LogP contribution in [0.3, 0.4) is 0 Å². The van der Waals surface area contributed by atoms with Gasteiger partial charge in [-0.25, -0.2) is 9.37 Å². The first-order valence-corrected chi connectivity index (χ1v) is 14.6. The van der Waals surface area contributed by atoms with Crippen molar-refractivity contribution in [2.24, 2.45) is 5.73 Å². The van der Waals surface area contributed by atoms with Crippen LogP contribution in [0, 0.1) is 5.82 Å². The fourth-order valence-electron chi connectivity index (χ4n) is 6.33. The molecule has 2 aromatic heterocycles. The van der Waals surface area contributed by atoms with Crippen LogP contribution in [-0.4, -0.2) is 61.5 Å². The number of fused-ring (bicyclic) bond motifs is 1. The van der Waals surface area contributed by atoms with E-state index in [-0.39, 0.29) is 17.8 Å². The largest absolute Gasteiger partial charge is 0.365 e. The summed E-state index contributed by atoms with van der Waals surface area (Å²) in [5, 5.41) is 7.25. The Morgan fingerprint density at radius 3 is 2.33 bits per heavy atom. The van der Waals surface area contributed by atoms with Crippen molar-refractivity contribution in [1.82, 2.24) is 24.4 Å².